The minimum absolute atomic E-state index is 0.00403. The van der Waals surface area contributed by atoms with Gasteiger partial charge in [-0.15, -0.1) is 11.8 Å². The standard InChI is InChI=1S/C45H60F2N4O7S2/c1-41(2,3)35(48-40(55)58-42(4,5)6)38(53)51-29-44(32-21-19-31(20-22-32)30-17-13-12-14-18-30)28-34(51)37(52)49-45(27-33(45)36(46)47)39(54)50-60(56,57)43(24-25-43)23-15-10-8-7-9-11-16-26-59-44/h11-14,16-22,33-36H,7-10,15,23-29H2,1-6H3,(H,48,55)(H,49,52)(H,50,54)/b16-11-/t33-,34-,35+,44-,45+/m0/s1. The van der Waals surface area contributed by atoms with E-state index in [0.29, 0.717) is 31.4 Å². The van der Waals surface area contributed by atoms with Gasteiger partial charge in [0.25, 0.3) is 5.91 Å². The molecule has 5 atom stereocenters. The quantitative estimate of drug-likeness (QED) is 0.257. The Balaban J connectivity index is 1.42. The van der Waals surface area contributed by atoms with Gasteiger partial charge in [0.05, 0.1) is 15.4 Å². The summed E-state index contributed by atoms with van der Waals surface area (Å²) in [6, 6.07) is 15.3. The molecule has 4 aliphatic rings. The Morgan fingerprint density at radius 2 is 1.53 bits per heavy atom. The van der Waals surface area contributed by atoms with Crippen molar-refractivity contribution in [3.05, 3.63) is 72.3 Å². The van der Waals surface area contributed by atoms with Gasteiger partial charge in [0.2, 0.25) is 28.3 Å². The highest BCUT2D eigenvalue weighted by atomic mass is 32.2. The van der Waals surface area contributed by atoms with Crippen LogP contribution in [0.25, 0.3) is 11.1 Å². The molecule has 2 aliphatic heterocycles. The van der Waals surface area contributed by atoms with Gasteiger partial charge in [-0.3, -0.25) is 19.1 Å². The van der Waals surface area contributed by atoms with Crippen molar-refractivity contribution in [3.63, 3.8) is 0 Å². The van der Waals surface area contributed by atoms with Gasteiger partial charge in [0, 0.05) is 12.3 Å². The van der Waals surface area contributed by atoms with Crippen LogP contribution in [-0.4, -0.2) is 83.8 Å². The number of hydrogen-bond donors (Lipinski definition) is 3. The Bertz CT molecular complexity index is 2050. The van der Waals surface area contributed by atoms with Gasteiger partial charge >= 0.3 is 6.09 Å². The van der Waals surface area contributed by atoms with E-state index in [2.05, 4.69) is 27.5 Å². The van der Waals surface area contributed by atoms with E-state index < -0.39 is 90.7 Å². The van der Waals surface area contributed by atoms with Crippen molar-refractivity contribution in [2.75, 3.05) is 12.3 Å². The predicted molar refractivity (Wildman–Crippen MR) is 230 cm³/mol. The number of allylic oxidation sites excluding steroid dienone is 1. The van der Waals surface area contributed by atoms with Crippen molar-refractivity contribution >= 4 is 45.6 Å². The molecule has 2 heterocycles. The van der Waals surface area contributed by atoms with Gasteiger partial charge in [0.1, 0.15) is 23.2 Å². The number of nitrogens with zero attached hydrogens (tertiary/aromatic N) is 1. The van der Waals surface area contributed by atoms with E-state index in [1.807, 2.05) is 54.6 Å². The maximum Gasteiger partial charge on any atom is 0.408 e. The molecule has 0 aromatic heterocycles. The summed E-state index contributed by atoms with van der Waals surface area (Å²) in [5.74, 6) is -3.75. The summed E-state index contributed by atoms with van der Waals surface area (Å²) < 4.78 is 62.1. The lowest BCUT2D eigenvalue weighted by molar-refractivity contribution is -0.143. The van der Waals surface area contributed by atoms with Gasteiger partial charge in [-0.25, -0.2) is 22.0 Å². The molecule has 3 N–H and O–H groups in total. The normalized spacial score (nSPS) is 28.3. The van der Waals surface area contributed by atoms with Gasteiger partial charge in [-0.1, -0.05) is 107 Å². The summed E-state index contributed by atoms with van der Waals surface area (Å²) in [4.78, 5) is 58.4. The molecular formula is C45H60F2N4O7S2. The van der Waals surface area contributed by atoms with Crippen LogP contribution >= 0.6 is 11.8 Å². The summed E-state index contributed by atoms with van der Waals surface area (Å²) in [6.07, 6.45) is 5.04. The summed E-state index contributed by atoms with van der Waals surface area (Å²) >= 11 is 1.56. The zero-order valence-corrected chi connectivity index (χ0v) is 37.2. The number of fused-ring (bicyclic) bond motifs is 2. The highest BCUT2D eigenvalue weighted by molar-refractivity contribution is 8.00. The van der Waals surface area contributed by atoms with E-state index in [-0.39, 0.29) is 13.0 Å². The molecule has 2 aromatic rings. The fourth-order valence-electron chi connectivity index (χ4n) is 8.50. The molecule has 0 unspecified atom stereocenters. The fraction of sp³-hybridized carbons (Fsp3) is 0.600. The average Bonchev–Trinajstić information content (AvgIpc) is 4.09. The first-order valence-corrected chi connectivity index (χ1v) is 23.5. The van der Waals surface area contributed by atoms with Crippen LogP contribution in [-0.2, 0) is 33.9 Å². The number of carbonyl (C=O) groups is 4. The van der Waals surface area contributed by atoms with E-state index in [4.69, 9.17) is 4.74 Å². The van der Waals surface area contributed by atoms with Crippen LogP contribution in [0.15, 0.2) is 66.7 Å². The molecule has 60 heavy (non-hydrogen) atoms. The highest BCUT2D eigenvalue weighted by Crippen LogP contribution is 2.52. The SMILES string of the molecule is CC(C)(C)OC(=O)N[C@H](C(=O)N1C[C@]2(c3ccc(-c4ccccc4)cc3)C[C@H]1C(=O)N[C@@]1(C[C@H]1C(F)F)C(=O)NS(=O)(=O)C1(CCCCCC/C=C\CS2)CC1)C(C)(C)C. The van der Waals surface area contributed by atoms with Gasteiger partial charge < -0.3 is 20.3 Å². The zero-order valence-electron chi connectivity index (χ0n) is 35.5. The third-order valence-electron chi connectivity index (χ3n) is 12.3. The monoisotopic (exact) mass is 870 g/mol. The molecule has 3 fully saturated rings. The van der Waals surface area contributed by atoms with Crippen LogP contribution < -0.4 is 15.4 Å². The second-order valence-corrected chi connectivity index (χ2v) is 22.5. The molecule has 2 aromatic carbocycles. The first-order valence-electron chi connectivity index (χ1n) is 21.0. The average molecular weight is 871 g/mol. The largest absolute Gasteiger partial charge is 0.444 e. The van der Waals surface area contributed by atoms with Crippen molar-refractivity contribution in [2.24, 2.45) is 11.3 Å². The molecule has 328 valence electrons. The Labute approximate surface area is 357 Å². The van der Waals surface area contributed by atoms with E-state index in [9.17, 15) is 31.6 Å². The molecule has 11 nitrogen and oxygen atoms in total. The van der Waals surface area contributed by atoms with Crippen molar-refractivity contribution in [2.45, 2.75) is 145 Å². The lowest BCUT2D eigenvalue weighted by Crippen LogP contribution is -2.60. The van der Waals surface area contributed by atoms with Crippen molar-refractivity contribution < 1.29 is 41.1 Å². The molecular weight excluding hydrogens is 811 g/mol. The van der Waals surface area contributed by atoms with Crippen LogP contribution in [0.2, 0.25) is 0 Å². The Morgan fingerprint density at radius 3 is 2.13 bits per heavy atom. The molecule has 15 heteroatoms. The van der Waals surface area contributed by atoms with Crippen LogP contribution in [0.4, 0.5) is 13.6 Å². The molecule has 2 saturated carbocycles. The van der Waals surface area contributed by atoms with Crippen molar-refractivity contribution in [3.8, 4) is 11.1 Å². The zero-order chi connectivity index (χ0) is 43.7. The first kappa shape index (κ1) is 45.5. The third-order valence-corrected chi connectivity index (χ3v) is 15.9. The number of alkyl carbamates (subject to hydrolysis) is 1. The van der Waals surface area contributed by atoms with E-state index >= 15 is 4.79 Å². The number of sulfonamides is 1. The second kappa shape index (κ2) is 17.4. The summed E-state index contributed by atoms with van der Waals surface area (Å²) in [6.45, 7) is 10.4. The number of ether oxygens (including phenoxy) is 1. The smallest absolute Gasteiger partial charge is 0.408 e. The number of alkyl halides is 2. The Morgan fingerprint density at radius 1 is 0.883 bits per heavy atom. The minimum Gasteiger partial charge on any atom is -0.444 e. The van der Waals surface area contributed by atoms with Crippen LogP contribution in [0.1, 0.15) is 111 Å². The number of halogens is 2. The van der Waals surface area contributed by atoms with Crippen molar-refractivity contribution in [1.29, 1.82) is 0 Å². The molecule has 0 radical (unpaired) electrons. The fourth-order valence-corrected chi connectivity index (χ4v) is 11.6. The maximum absolute atomic E-state index is 15.0. The van der Waals surface area contributed by atoms with E-state index in [1.165, 1.54) is 4.90 Å². The summed E-state index contributed by atoms with van der Waals surface area (Å²) in [5, 5.41) is 5.33. The number of benzene rings is 2. The van der Waals surface area contributed by atoms with Crippen LogP contribution in [0.3, 0.4) is 0 Å². The van der Waals surface area contributed by atoms with E-state index in [0.717, 1.165) is 42.4 Å². The molecule has 2 aliphatic carbocycles. The predicted octanol–water partition coefficient (Wildman–Crippen LogP) is 7.85. The molecule has 1 saturated heterocycles. The number of likely N-dealkylation sites (tertiary alicyclic amines) is 1. The number of rotatable bonds is 5. The van der Waals surface area contributed by atoms with Crippen LogP contribution in [0, 0.1) is 11.3 Å². The first-order chi connectivity index (χ1) is 28.1. The van der Waals surface area contributed by atoms with Crippen LogP contribution in [0.5, 0.6) is 0 Å². The summed E-state index contributed by atoms with van der Waals surface area (Å²) in [7, 11) is -4.27. The van der Waals surface area contributed by atoms with Gasteiger partial charge in [-0.2, -0.15) is 0 Å². The molecule has 2 bridgehead atoms. The van der Waals surface area contributed by atoms with Gasteiger partial charge in [0.15, 0.2) is 0 Å². The van der Waals surface area contributed by atoms with Crippen molar-refractivity contribution in [1.82, 2.24) is 20.3 Å². The lowest BCUT2D eigenvalue weighted by atomic mass is 9.85. The van der Waals surface area contributed by atoms with E-state index in [1.54, 1.807) is 53.3 Å². The Kier molecular flexibility index (Phi) is 13.2. The molecule has 4 amide bonds. The number of thioether (sulfide) groups is 1. The topological polar surface area (TPSA) is 151 Å². The minimum atomic E-state index is -4.27. The number of nitrogens with one attached hydrogen (secondary N) is 3. The number of hydrogen-bond acceptors (Lipinski definition) is 8. The summed E-state index contributed by atoms with van der Waals surface area (Å²) in [5.41, 5.74) is -1.17. The Hall–Kier alpha value is -3.98. The highest BCUT2D eigenvalue weighted by Gasteiger charge is 2.68. The molecule has 6 rings (SSSR count). The number of carbonyl (C=O) groups excluding carboxylic acids is 4. The third kappa shape index (κ3) is 10.0. The maximum atomic E-state index is 15.0. The lowest BCUT2D eigenvalue weighted by Gasteiger charge is -2.36. The molecule has 2 spiro atoms. The number of amides is 4. The van der Waals surface area contributed by atoms with Gasteiger partial charge in [-0.05, 0) is 87.8 Å². The second-order valence-electron chi connectivity index (χ2n) is 19.0.